The normalized spacial score (nSPS) is 37.5. The first-order chi connectivity index (χ1) is 3.70. The van der Waals surface area contributed by atoms with Crippen molar-refractivity contribution in [2.24, 2.45) is 0 Å². The number of carbonyl (C=O) groups is 1. The predicted octanol–water partition coefficient (Wildman–Crippen LogP) is 0.522. The van der Waals surface area contributed by atoms with Crippen molar-refractivity contribution in [2.75, 3.05) is 0 Å². The Morgan fingerprint density at radius 1 is 1.88 bits per heavy atom. The van der Waals surface area contributed by atoms with Crippen molar-refractivity contribution in [3.63, 3.8) is 0 Å². The molecule has 1 fully saturated rings. The van der Waals surface area contributed by atoms with E-state index in [2.05, 4.69) is 5.32 Å². The van der Waals surface area contributed by atoms with Gasteiger partial charge in [0.05, 0.1) is 0 Å². The van der Waals surface area contributed by atoms with Gasteiger partial charge in [0.25, 0.3) is 5.24 Å². The summed E-state index contributed by atoms with van der Waals surface area (Å²) in [7, 11) is 0. The molecule has 2 unspecified atom stereocenters. The van der Waals surface area contributed by atoms with Crippen LogP contribution < -0.4 is 5.32 Å². The zero-order chi connectivity index (χ0) is 6.15. The van der Waals surface area contributed by atoms with Crippen LogP contribution in [0.4, 0.5) is 4.79 Å². The van der Waals surface area contributed by atoms with Gasteiger partial charge in [-0.1, -0.05) is 22.6 Å². The fourth-order valence-electron chi connectivity index (χ4n) is 0.387. The fraction of sp³-hybridized carbons (Fsp3) is 0.667. The van der Waals surface area contributed by atoms with Crippen LogP contribution in [0.3, 0.4) is 0 Å². The van der Waals surface area contributed by atoms with Crippen LogP contribution in [0.5, 0.6) is 0 Å². The molecule has 1 amide bonds. The van der Waals surface area contributed by atoms with Gasteiger partial charge >= 0.3 is 0 Å². The third-order valence-electron chi connectivity index (χ3n) is 0.734. The number of carbonyl (C=O) groups excluding carboxylic acids is 1. The third-order valence-corrected chi connectivity index (χ3v) is 2.99. The molecule has 2 atom stereocenters. The first kappa shape index (κ1) is 6.63. The van der Waals surface area contributed by atoms with Crippen LogP contribution >= 0.6 is 34.4 Å². The Bertz CT molecular complexity index is 108. The SMILES string of the molecule is O=C1NC(O)C(I)S1. The van der Waals surface area contributed by atoms with Crippen LogP contribution in [0.15, 0.2) is 0 Å². The highest BCUT2D eigenvalue weighted by Crippen LogP contribution is 2.26. The Morgan fingerprint density at radius 2 is 2.50 bits per heavy atom. The number of aliphatic hydroxyl groups excluding tert-OH is 1. The summed E-state index contributed by atoms with van der Waals surface area (Å²) in [5.41, 5.74) is 0. The lowest BCUT2D eigenvalue weighted by atomic mass is 10.7. The summed E-state index contributed by atoms with van der Waals surface area (Å²) in [4.78, 5) is 10.4. The predicted molar refractivity (Wildman–Crippen MR) is 39.9 cm³/mol. The summed E-state index contributed by atoms with van der Waals surface area (Å²) in [6.07, 6.45) is -0.659. The van der Waals surface area contributed by atoms with Crippen LogP contribution in [-0.4, -0.2) is 19.8 Å². The van der Waals surface area contributed by atoms with Gasteiger partial charge in [0.15, 0.2) is 0 Å². The van der Waals surface area contributed by atoms with Gasteiger partial charge in [0, 0.05) is 0 Å². The molecule has 0 aromatic heterocycles. The zero-order valence-corrected chi connectivity index (χ0v) is 6.77. The number of halogens is 1. The second kappa shape index (κ2) is 2.40. The van der Waals surface area contributed by atoms with Crippen molar-refractivity contribution >= 4 is 39.6 Å². The Morgan fingerprint density at radius 3 is 2.62 bits per heavy atom. The fourth-order valence-corrected chi connectivity index (χ4v) is 1.85. The van der Waals surface area contributed by atoms with E-state index in [0.717, 1.165) is 11.8 Å². The van der Waals surface area contributed by atoms with E-state index in [0.29, 0.717) is 0 Å². The van der Waals surface area contributed by atoms with Crippen LogP contribution in [0.25, 0.3) is 0 Å². The minimum absolute atomic E-state index is 0.0277. The second-order valence-corrected chi connectivity index (χ2v) is 4.65. The average molecular weight is 245 g/mol. The van der Waals surface area contributed by atoms with Crippen LogP contribution in [0, 0.1) is 0 Å². The molecule has 1 saturated heterocycles. The van der Waals surface area contributed by atoms with E-state index >= 15 is 0 Å². The molecule has 0 aromatic carbocycles. The number of thioether (sulfide) groups is 1. The highest BCUT2D eigenvalue weighted by molar-refractivity contribution is 14.1. The molecule has 8 heavy (non-hydrogen) atoms. The topological polar surface area (TPSA) is 49.3 Å². The number of rotatable bonds is 0. The first-order valence-corrected chi connectivity index (χ1v) is 4.12. The molecule has 0 saturated carbocycles. The van der Waals surface area contributed by atoms with E-state index in [1.54, 1.807) is 0 Å². The van der Waals surface area contributed by atoms with Crippen molar-refractivity contribution in [3.05, 3.63) is 0 Å². The molecule has 0 aromatic rings. The second-order valence-electron chi connectivity index (χ2n) is 1.35. The van der Waals surface area contributed by atoms with E-state index in [9.17, 15) is 4.79 Å². The highest BCUT2D eigenvalue weighted by atomic mass is 127. The van der Waals surface area contributed by atoms with Gasteiger partial charge < -0.3 is 10.4 Å². The van der Waals surface area contributed by atoms with Gasteiger partial charge in [-0.15, -0.1) is 0 Å². The molecule has 1 heterocycles. The van der Waals surface area contributed by atoms with Gasteiger partial charge in [-0.05, 0) is 11.8 Å². The van der Waals surface area contributed by atoms with Gasteiger partial charge in [0.1, 0.15) is 9.48 Å². The molecule has 2 N–H and O–H groups in total. The average Bonchev–Trinajstić information content (AvgIpc) is 1.85. The summed E-state index contributed by atoms with van der Waals surface area (Å²) >= 11 is 3.12. The molecule has 3 nitrogen and oxygen atoms in total. The largest absolute Gasteiger partial charge is 0.372 e. The van der Waals surface area contributed by atoms with E-state index in [-0.39, 0.29) is 8.50 Å². The molecule has 46 valence electrons. The van der Waals surface area contributed by atoms with E-state index in [1.807, 2.05) is 22.6 Å². The van der Waals surface area contributed by atoms with Crippen molar-refractivity contribution in [3.8, 4) is 0 Å². The van der Waals surface area contributed by atoms with E-state index < -0.39 is 6.23 Å². The number of hydrogen-bond acceptors (Lipinski definition) is 3. The third kappa shape index (κ3) is 1.26. The van der Waals surface area contributed by atoms with E-state index in [4.69, 9.17) is 5.11 Å². The van der Waals surface area contributed by atoms with Crippen molar-refractivity contribution < 1.29 is 9.90 Å². The summed E-state index contributed by atoms with van der Waals surface area (Å²) in [6, 6.07) is 0. The number of amides is 1. The molecule has 5 heteroatoms. The van der Waals surface area contributed by atoms with Gasteiger partial charge in [-0.2, -0.15) is 0 Å². The number of hydrogen-bond donors (Lipinski definition) is 2. The van der Waals surface area contributed by atoms with E-state index in [1.165, 1.54) is 0 Å². The maximum atomic E-state index is 10.4. The van der Waals surface area contributed by atoms with Gasteiger partial charge in [-0.25, -0.2) is 0 Å². The standard InChI is InChI=1S/C3H4INO2S/c4-1-2(6)5-3(7)8-1/h1-2,6H,(H,5,7). The molecular formula is C3H4INO2S. The smallest absolute Gasteiger partial charge is 0.282 e. The quantitative estimate of drug-likeness (QED) is 0.483. The van der Waals surface area contributed by atoms with Crippen LogP contribution in [-0.2, 0) is 0 Å². The zero-order valence-electron chi connectivity index (χ0n) is 3.80. The van der Waals surface area contributed by atoms with Crippen molar-refractivity contribution in [1.29, 1.82) is 0 Å². The number of aliphatic hydroxyl groups is 1. The highest BCUT2D eigenvalue weighted by Gasteiger charge is 2.28. The van der Waals surface area contributed by atoms with Gasteiger partial charge in [-0.3, -0.25) is 4.79 Å². The summed E-state index contributed by atoms with van der Waals surface area (Å²) in [6.45, 7) is 0. The molecule has 1 rings (SSSR count). The maximum absolute atomic E-state index is 10.4. The lowest BCUT2D eigenvalue weighted by Gasteiger charge is -2.00. The van der Waals surface area contributed by atoms with Gasteiger partial charge in [0.2, 0.25) is 0 Å². The molecule has 0 aliphatic carbocycles. The maximum Gasteiger partial charge on any atom is 0.282 e. The molecular weight excluding hydrogens is 241 g/mol. The van der Waals surface area contributed by atoms with Crippen molar-refractivity contribution in [1.82, 2.24) is 5.32 Å². The molecule has 1 aliphatic rings. The molecule has 0 spiro atoms. The Balaban J connectivity index is 2.51. The minimum Gasteiger partial charge on any atom is -0.372 e. The minimum atomic E-state index is -0.659. The molecule has 0 bridgehead atoms. The summed E-state index contributed by atoms with van der Waals surface area (Å²) in [5, 5.41) is 11.0. The van der Waals surface area contributed by atoms with Crippen molar-refractivity contribution in [2.45, 2.75) is 9.48 Å². The number of alkyl halides is 1. The summed E-state index contributed by atoms with van der Waals surface area (Å²) in [5.74, 6) is 0. The molecule has 0 radical (unpaired) electrons. The summed E-state index contributed by atoms with van der Waals surface area (Å²) < 4.78 is -0.0277. The van der Waals surface area contributed by atoms with Crippen LogP contribution in [0.2, 0.25) is 0 Å². The lowest BCUT2D eigenvalue weighted by Crippen LogP contribution is -2.27. The lowest BCUT2D eigenvalue weighted by molar-refractivity contribution is 0.172. The van der Waals surface area contributed by atoms with Crippen LogP contribution in [0.1, 0.15) is 0 Å². The first-order valence-electron chi connectivity index (χ1n) is 1.99. The Hall–Kier alpha value is 0.510. The number of nitrogens with one attached hydrogen (secondary N) is 1. The Kier molecular flexibility index (Phi) is 1.99. The monoisotopic (exact) mass is 245 g/mol. The Labute approximate surface area is 64.4 Å². The molecule has 1 aliphatic heterocycles.